The molecule has 2 aromatic carbocycles. The number of halogens is 1. The molecule has 1 aliphatic rings. The van der Waals surface area contributed by atoms with Crippen LogP contribution in [-0.2, 0) is 14.8 Å². The number of anilines is 2. The number of benzene rings is 2. The van der Waals surface area contributed by atoms with Gasteiger partial charge >= 0.3 is 0 Å². The Labute approximate surface area is 194 Å². The molecule has 0 radical (unpaired) electrons. The van der Waals surface area contributed by atoms with Crippen LogP contribution in [-0.4, -0.2) is 29.4 Å². The number of hydrogen-bond acceptors (Lipinski definition) is 6. The third-order valence-corrected chi connectivity index (χ3v) is 7.11. The zero-order chi connectivity index (χ0) is 23.9. The third-order valence-electron chi connectivity index (χ3n) is 5.74. The van der Waals surface area contributed by atoms with Crippen LogP contribution in [0, 0.1) is 11.7 Å². The number of hydrogen-bond donors (Lipinski definition) is 3. The van der Waals surface area contributed by atoms with Crippen LogP contribution in [0.3, 0.4) is 0 Å². The maximum absolute atomic E-state index is 14.0. The fourth-order valence-corrected chi connectivity index (χ4v) is 4.88. The molecule has 2 aromatic heterocycles. The highest BCUT2D eigenvalue weighted by Gasteiger charge is 2.44. The SMILES string of the molecule is O=C(Nc1ccc2c(O)ncc(F)c2c1)C1CC1c1ccc(S(=O)(=O)Nc2ccccn2)cc1. The highest BCUT2D eigenvalue weighted by atomic mass is 32.2. The normalized spacial score (nSPS) is 17.3. The predicted molar refractivity (Wildman–Crippen MR) is 124 cm³/mol. The van der Waals surface area contributed by atoms with Crippen molar-refractivity contribution < 1.29 is 22.7 Å². The summed E-state index contributed by atoms with van der Waals surface area (Å²) in [5.41, 5.74) is 1.27. The second-order valence-corrected chi connectivity index (χ2v) is 9.70. The monoisotopic (exact) mass is 478 g/mol. The molecule has 1 aliphatic carbocycles. The van der Waals surface area contributed by atoms with Gasteiger partial charge in [-0.1, -0.05) is 18.2 Å². The zero-order valence-electron chi connectivity index (χ0n) is 17.6. The number of nitrogens with one attached hydrogen (secondary N) is 2. The first-order chi connectivity index (χ1) is 16.3. The van der Waals surface area contributed by atoms with E-state index in [2.05, 4.69) is 20.0 Å². The van der Waals surface area contributed by atoms with E-state index in [9.17, 15) is 22.7 Å². The summed E-state index contributed by atoms with van der Waals surface area (Å²) in [5.74, 6) is -1.17. The number of aromatic nitrogens is 2. The van der Waals surface area contributed by atoms with Gasteiger partial charge < -0.3 is 10.4 Å². The average Bonchev–Trinajstić information content (AvgIpc) is 3.63. The first-order valence-corrected chi connectivity index (χ1v) is 11.9. The van der Waals surface area contributed by atoms with E-state index in [1.165, 1.54) is 30.5 Å². The van der Waals surface area contributed by atoms with E-state index in [4.69, 9.17) is 0 Å². The van der Waals surface area contributed by atoms with E-state index in [1.807, 2.05) is 0 Å². The predicted octanol–water partition coefficient (Wildman–Crippen LogP) is 4.02. The first kappa shape index (κ1) is 21.8. The summed E-state index contributed by atoms with van der Waals surface area (Å²) < 4.78 is 41.6. The second-order valence-electron chi connectivity index (χ2n) is 8.02. The van der Waals surface area contributed by atoms with Gasteiger partial charge in [-0.05, 0) is 60.4 Å². The Kier molecular flexibility index (Phi) is 5.37. The minimum absolute atomic E-state index is 0.0362. The maximum Gasteiger partial charge on any atom is 0.263 e. The summed E-state index contributed by atoms with van der Waals surface area (Å²) in [6.07, 6.45) is 3.04. The van der Waals surface area contributed by atoms with Crippen molar-refractivity contribution in [3.05, 3.63) is 84.4 Å². The maximum atomic E-state index is 14.0. The van der Waals surface area contributed by atoms with E-state index in [-0.39, 0.29) is 45.1 Å². The van der Waals surface area contributed by atoms with Crippen LogP contribution >= 0.6 is 0 Å². The van der Waals surface area contributed by atoms with E-state index in [0.29, 0.717) is 12.1 Å². The standard InChI is InChI=1S/C24H19FN4O4S/c25-21-13-27-23(30)17-9-6-15(11-19(17)21)28-24(31)20-12-18(20)14-4-7-16(8-5-14)34(32,33)29-22-3-1-2-10-26-22/h1-11,13,18,20H,12H2,(H,26,29)(H,27,30)(H,28,31). The van der Waals surface area contributed by atoms with Gasteiger partial charge in [-0.25, -0.2) is 22.8 Å². The summed E-state index contributed by atoms with van der Waals surface area (Å²) in [6.45, 7) is 0. The molecular weight excluding hydrogens is 459 g/mol. The molecule has 1 fully saturated rings. The molecule has 2 unspecified atom stereocenters. The van der Waals surface area contributed by atoms with Gasteiger partial charge in [0.15, 0.2) is 0 Å². The Morgan fingerprint density at radius 2 is 1.82 bits per heavy atom. The van der Waals surface area contributed by atoms with Crippen molar-refractivity contribution in [1.29, 1.82) is 0 Å². The van der Waals surface area contributed by atoms with Crippen molar-refractivity contribution in [2.45, 2.75) is 17.2 Å². The quantitative estimate of drug-likeness (QED) is 0.385. The zero-order valence-corrected chi connectivity index (χ0v) is 18.5. The van der Waals surface area contributed by atoms with Crippen LogP contribution in [0.2, 0.25) is 0 Å². The number of rotatable bonds is 6. The van der Waals surface area contributed by atoms with Crippen molar-refractivity contribution in [3.63, 3.8) is 0 Å². The number of carbonyl (C=O) groups is 1. The number of nitrogens with zero attached hydrogens (tertiary/aromatic N) is 2. The Morgan fingerprint density at radius 3 is 2.56 bits per heavy atom. The van der Waals surface area contributed by atoms with Crippen LogP contribution in [0.4, 0.5) is 15.9 Å². The lowest BCUT2D eigenvalue weighted by Gasteiger charge is -2.09. The molecule has 2 heterocycles. The Balaban J connectivity index is 1.25. The lowest BCUT2D eigenvalue weighted by molar-refractivity contribution is -0.117. The van der Waals surface area contributed by atoms with Crippen LogP contribution in [0.25, 0.3) is 10.8 Å². The van der Waals surface area contributed by atoms with Crippen molar-refractivity contribution in [3.8, 4) is 5.88 Å². The van der Waals surface area contributed by atoms with E-state index >= 15 is 0 Å². The van der Waals surface area contributed by atoms with Gasteiger partial charge in [0.2, 0.25) is 11.8 Å². The highest BCUT2D eigenvalue weighted by molar-refractivity contribution is 7.92. The van der Waals surface area contributed by atoms with Gasteiger partial charge in [0.05, 0.1) is 11.1 Å². The molecule has 2 atom stereocenters. The number of fused-ring (bicyclic) bond motifs is 1. The lowest BCUT2D eigenvalue weighted by Crippen LogP contribution is -2.15. The number of carbonyl (C=O) groups excluding carboxylic acids is 1. The average molecular weight is 479 g/mol. The third kappa shape index (κ3) is 4.27. The number of pyridine rings is 2. The van der Waals surface area contributed by atoms with Crippen molar-refractivity contribution in [1.82, 2.24) is 9.97 Å². The minimum Gasteiger partial charge on any atom is -0.493 e. The van der Waals surface area contributed by atoms with Crippen molar-refractivity contribution in [2.24, 2.45) is 5.92 Å². The molecule has 0 spiro atoms. The van der Waals surface area contributed by atoms with Gasteiger partial charge in [0.1, 0.15) is 11.6 Å². The number of sulfonamides is 1. The van der Waals surface area contributed by atoms with Gasteiger partial charge in [0, 0.05) is 28.6 Å². The fourth-order valence-electron chi connectivity index (χ4n) is 3.87. The number of amides is 1. The number of aromatic hydroxyl groups is 1. The van der Waals surface area contributed by atoms with Gasteiger partial charge in [-0.15, -0.1) is 0 Å². The fraction of sp³-hybridized carbons (Fsp3) is 0.125. The molecular formula is C24H19FN4O4S. The van der Waals surface area contributed by atoms with Gasteiger partial charge in [-0.3, -0.25) is 9.52 Å². The Hall–Kier alpha value is -4.05. The molecule has 34 heavy (non-hydrogen) atoms. The van der Waals surface area contributed by atoms with Crippen LogP contribution in [0.1, 0.15) is 17.9 Å². The van der Waals surface area contributed by atoms with Crippen LogP contribution in [0.15, 0.2) is 78.0 Å². The first-order valence-electron chi connectivity index (χ1n) is 10.4. The molecule has 0 saturated heterocycles. The lowest BCUT2D eigenvalue weighted by atomic mass is 10.1. The molecule has 0 bridgehead atoms. The molecule has 0 aliphatic heterocycles. The van der Waals surface area contributed by atoms with Crippen molar-refractivity contribution in [2.75, 3.05) is 10.0 Å². The summed E-state index contributed by atoms with van der Waals surface area (Å²) in [7, 11) is -3.78. The Morgan fingerprint density at radius 1 is 1.03 bits per heavy atom. The molecule has 3 N–H and O–H groups in total. The molecule has 5 rings (SSSR count). The largest absolute Gasteiger partial charge is 0.493 e. The molecule has 4 aromatic rings. The molecule has 8 nitrogen and oxygen atoms in total. The summed E-state index contributed by atoms with van der Waals surface area (Å²) in [6, 6.07) is 15.9. The highest BCUT2D eigenvalue weighted by Crippen LogP contribution is 2.48. The molecule has 172 valence electrons. The minimum atomic E-state index is -3.78. The van der Waals surface area contributed by atoms with Crippen LogP contribution < -0.4 is 10.0 Å². The van der Waals surface area contributed by atoms with E-state index in [1.54, 1.807) is 36.4 Å². The topological polar surface area (TPSA) is 121 Å². The van der Waals surface area contributed by atoms with E-state index in [0.717, 1.165) is 11.8 Å². The molecule has 10 heteroatoms. The Bertz CT molecular complexity index is 1500. The van der Waals surface area contributed by atoms with Gasteiger partial charge in [0.25, 0.3) is 10.0 Å². The summed E-state index contributed by atoms with van der Waals surface area (Å²) >= 11 is 0. The van der Waals surface area contributed by atoms with Crippen LogP contribution in [0.5, 0.6) is 5.88 Å². The van der Waals surface area contributed by atoms with Crippen molar-refractivity contribution >= 4 is 38.2 Å². The smallest absolute Gasteiger partial charge is 0.263 e. The van der Waals surface area contributed by atoms with Gasteiger partial charge in [-0.2, -0.15) is 0 Å². The molecule has 1 saturated carbocycles. The summed E-state index contributed by atoms with van der Waals surface area (Å²) in [5, 5.41) is 13.0. The van der Waals surface area contributed by atoms with E-state index < -0.39 is 15.8 Å². The molecule has 1 amide bonds. The second kappa shape index (κ2) is 8.38. The summed E-state index contributed by atoms with van der Waals surface area (Å²) in [4.78, 5) is 20.3.